The highest BCUT2D eigenvalue weighted by molar-refractivity contribution is 7.19. The van der Waals surface area contributed by atoms with Crippen LogP contribution in [-0.2, 0) is 0 Å². The highest BCUT2D eigenvalue weighted by atomic mass is 32.1. The van der Waals surface area contributed by atoms with Crippen LogP contribution in [0.25, 0.3) is 38.2 Å². The summed E-state index contributed by atoms with van der Waals surface area (Å²) in [4.78, 5) is 9.44. The molecule has 0 aliphatic carbocycles. The summed E-state index contributed by atoms with van der Waals surface area (Å²) in [5, 5.41) is 22.1. The molecule has 6 nitrogen and oxygen atoms in total. The van der Waals surface area contributed by atoms with Gasteiger partial charge in [-0.1, -0.05) is 12.1 Å². The molecule has 3 N–H and O–H groups in total. The van der Waals surface area contributed by atoms with Gasteiger partial charge in [0.05, 0.1) is 22.8 Å². The minimum Gasteiger partial charge on any atom is -0.507 e. The van der Waals surface area contributed by atoms with Gasteiger partial charge < -0.3 is 10.4 Å². The Hall–Kier alpha value is -3.03. The molecule has 31 heavy (non-hydrogen) atoms. The molecule has 0 unspecified atom stereocenters. The lowest BCUT2D eigenvalue weighted by atomic mass is 9.84. The molecular weight excluding hydrogens is 406 g/mol. The van der Waals surface area contributed by atoms with Gasteiger partial charge in [0.1, 0.15) is 16.3 Å². The molecule has 3 aromatic heterocycles. The summed E-state index contributed by atoms with van der Waals surface area (Å²) in [6, 6.07) is 7.62. The number of benzene rings is 1. The quantitative estimate of drug-likeness (QED) is 0.405. The molecular formula is C24H25N5OS. The Morgan fingerprint density at radius 3 is 2.61 bits per heavy atom. The monoisotopic (exact) mass is 431 g/mol. The van der Waals surface area contributed by atoms with Crippen molar-refractivity contribution in [2.75, 3.05) is 0 Å². The SMILES string of the molecule is CC1(C)C=C(c2nc3cnc(-c4ccc(-c5cn[nH]c5)cc4O)cc3s2)CC(C)(C)N1. The van der Waals surface area contributed by atoms with Gasteiger partial charge in [0, 0.05) is 28.4 Å². The van der Waals surface area contributed by atoms with Gasteiger partial charge in [-0.2, -0.15) is 5.10 Å². The van der Waals surface area contributed by atoms with Crippen molar-refractivity contribution < 1.29 is 5.11 Å². The van der Waals surface area contributed by atoms with Gasteiger partial charge in [0.15, 0.2) is 0 Å². The number of hydrogen-bond acceptors (Lipinski definition) is 6. The standard InChI is InChI=1S/C24H25N5OS/c1-23(2)9-15(10-24(3,4)29-23)22-28-19-13-25-18(8-21(19)31-22)17-6-5-14(7-20(17)30)16-11-26-27-12-16/h5-9,11-13,29-30H,10H2,1-4H3,(H,26,27). The van der Waals surface area contributed by atoms with Crippen LogP contribution in [0.15, 0.2) is 48.9 Å². The minimum absolute atomic E-state index is 0.0113. The Balaban J connectivity index is 1.51. The average Bonchev–Trinajstić information content (AvgIpc) is 3.35. The van der Waals surface area contributed by atoms with Crippen molar-refractivity contribution in [1.82, 2.24) is 25.5 Å². The second-order valence-corrected chi connectivity index (χ2v) is 10.4. The minimum atomic E-state index is -0.0825. The third-order valence-electron chi connectivity index (χ3n) is 5.48. The number of aromatic amines is 1. The first-order valence-corrected chi connectivity index (χ1v) is 11.1. The summed E-state index contributed by atoms with van der Waals surface area (Å²) in [7, 11) is 0. The molecule has 0 spiro atoms. The van der Waals surface area contributed by atoms with Crippen molar-refractivity contribution in [2.45, 2.75) is 45.2 Å². The molecule has 0 saturated carbocycles. The Labute approximate surface area is 185 Å². The molecule has 1 aliphatic heterocycles. The maximum Gasteiger partial charge on any atom is 0.125 e. The summed E-state index contributed by atoms with van der Waals surface area (Å²) in [5.41, 5.74) is 5.35. The molecule has 158 valence electrons. The summed E-state index contributed by atoms with van der Waals surface area (Å²) < 4.78 is 1.06. The fourth-order valence-corrected chi connectivity index (χ4v) is 5.49. The number of aromatic hydroxyl groups is 1. The first kappa shape index (κ1) is 19.9. The van der Waals surface area contributed by atoms with Crippen LogP contribution in [0.4, 0.5) is 0 Å². The van der Waals surface area contributed by atoms with E-state index in [0.717, 1.165) is 38.5 Å². The molecule has 5 rings (SSSR count). The van der Waals surface area contributed by atoms with Crippen molar-refractivity contribution in [3.8, 4) is 28.1 Å². The molecule has 0 atom stereocenters. The van der Waals surface area contributed by atoms with Crippen LogP contribution in [0.2, 0.25) is 0 Å². The van der Waals surface area contributed by atoms with Crippen molar-refractivity contribution in [2.24, 2.45) is 0 Å². The summed E-state index contributed by atoms with van der Waals surface area (Å²) in [5.74, 6) is 0.194. The van der Waals surface area contributed by atoms with Crippen LogP contribution in [0.5, 0.6) is 5.75 Å². The number of aromatic nitrogens is 4. The molecule has 0 bridgehead atoms. The largest absolute Gasteiger partial charge is 0.507 e. The van der Waals surface area contributed by atoms with E-state index in [-0.39, 0.29) is 16.8 Å². The van der Waals surface area contributed by atoms with Crippen LogP contribution in [-0.4, -0.2) is 36.3 Å². The van der Waals surface area contributed by atoms with Crippen molar-refractivity contribution >= 4 is 27.1 Å². The van der Waals surface area contributed by atoms with Gasteiger partial charge in [-0.25, -0.2) is 4.98 Å². The number of rotatable bonds is 3. The second kappa shape index (κ2) is 7.00. The maximum absolute atomic E-state index is 10.6. The summed E-state index contributed by atoms with van der Waals surface area (Å²) >= 11 is 1.68. The lowest BCUT2D eigenvalue weighted by Crippen LogP contribution is -2.53. The predicted molar refractivity (Wildman–Crippen MR) is 126 cm³/mol. The molecule has 7 heteroatoms. The third kappa shape index (κ3) is 3.86. The van der Waals surface area contributed by atoms with Crippen LogP contribution >= 0.6 is 11.3 Å². The van der Waals surface area contributed by atoms with E-state index in [4.69, 9.17) is 4.98 Å². The topological polar surface area (TPSA) is 86.7 Å². The number of fused-ring (bicyclic) bond motifs is 1. The van der Waals surface area contributed by atoms with E-state index >= 15 is 0 Å². The van der Waals surface area contributed by atoms with E-state index in [1.165, 1.54) is 5.57 Å². The molecule has 4 aromatic rings. The first-order chi connectivity index (χ1) is 14.7. The smallest absolute Gasteiger partial charge is 0.125 e. The van der Waals surface area contributed by atoms with Gasteiger partial charge in [-0.15, -0.1) is 11.3 Å². The van der Waals surface area contributed by atoms with Crippen LogP contribution in [0, 0.1) is 0 Å². The average molecular weight is 432 g/mol. The van der Waals surface area contributed by atoms with E-state index in [0.29, 0.717) is 5.56 Å². The third-order valence-corrected chi connectivity index (χ3v) is 6.58. The first-order valence-electron chi connectivity index (χ1n) is 10.3. The summed E-state index contributed by atoms with van der Waals surface area (Å²) in [6.07, 6.45) is 8.54. The number of pyridine rings is 1. The number of hydrogen-bond donors (Lipinski definition) is 3. The fraction of sp³-hybridized carbons (Fsp3) is 0.292. The molecule has 4 heterocycles. The van der Waals surface area contributed by atoms with E-state index in [1.54, 1.807) is 36.0 Å². The number of nitrogens with one attached hydrogen (secondary N) is 2. The van der Waals surface area contributed by atoms with E-state index < -0.39 is 0 Å². The molecule has 0 radical (unpaired) electrons. The molecule has 0 fully saturated rings. The Kier molecular flexibility index (Phi) is 4.50. The Morgan fingerprint density at radius 2 is 1.90 bits per heavy atom. The zero-order chi connectivity index (χ0) is 21.8. The number of phenolic OH excluding ortho intramolecular Hbond substituents is 1. The van der Waals surface area contributed by atoms with Gasteiger partial charge in [-0.3, -0.25) is 10.1 Å². The zero-order valence-corrected chi connectivity index (χ0v) is 18.8. The number of phenols is 1. The Bertz CT molecular complexity index is 1300. The lowest BCUT2D eigenvalue weighted by molar-refractivity contribution is 0.297. The zero-order valence-electron chi connectivity index (χ0n) is 18.0. The lowest BCUT2D eigenvalue weighted by Gasteiger charge is -2.40. The van der Waals surface area contributed by atoms with Crippen LogP contribution < -0.4 is 5.32 Å². The maximum atomic E-state index is 10.6. The van der Waals surface area contributed by atoms with Gasteiger partial charge >= 0.3 is 0 Å². The normalized spacial score (nSPS) is 17.6. The highest BCUT2D eigenvalue weighted by Crippen LogP contribution is 2.38. The van der Waals surface area contributed by atoms with Crippen LogP contribution in [0.1, 0.15) is 39.1 Å². The van der Waals surface area contributed by atoms with Crippen molar-refractivity contribution in [3.63, 3.8) is 0 Å². The van der Waals surface area contributed by atoms with Crippen LogP contribution in [0.3, 0.4) is 0 Å². The molecule has 1 aliphatic rings. The predicted octanol–water partition coefficient (Wildman–Crippen LogP) is 5.39. The van der Waals surface area contributed by atoms with Gasteiger partial charge in [0.25, 0.3) is 0 Å². The van der Waals surface area contributed by atoms with E-state index in [9.17, 15) is 5.11 Å². The fourth-order valence-electron chi connectivity index (χ4n) is 4.51. The van der Waals surface area contributed by atoms with Crippen molar-refractivity contribution in [1.29, 1.82) is 0 Å². The number of thiazole rings is 1. The highest BCUT2D eigenvalue weighted by Gasteiger charge is 2.33. The number of H-pyrrole nitrogens is 1. The van der Waals surface area contributed by atoms with Crippen molar-refractivity contribution in [3.05, 3.63) is 53.9 Å². The van der Waals surface area contributed by atoms with Gasteiger partial charge in [0.2, 0.25) is 0 Å². The number of nitrogens with zero attached hydrogens (tertiary/aromatic N) is 3. The van der Waals surface area contributed by atoms with Gasteiger partial charge in [-0.05, 0) is 63.5 Å². The molecule has 1 aromatic carbocycles. The Morgan fingerprint density at radius 1 is 1.06 bits per heavy atom. The molecule has 0 saturated heterocycles. The van der Waals surface area contributed by atoms with E-state index in [1.807, 2.05) is 18.2 Å². The summed E-state index contributed by atoms with van der Waals surface area (Å²) in [6.45, 7) is 8.84. The molecule has 0 amide bonds. The van der Waals surface area contributed by atoms with E-state index in [2.05, 4.69) is 54.3 Å². The second-order valence-electron chi connectivity index (χ2n) is 9.35.